The van der Waals surface area contributed by atoms with Gasteiger partial charge in [-0.2, -0.15) is 0 Å². The van der Waals surface area contributed by atoms with Gasteiger partial charge in [-0.15, -0.1) is 0 Å². The fraction of sp³-hybridized carbons (Fsp3) is 0.289. The van der Waals surface area contributed by atoms with Gasteiger partial charge in [0.25, 0.3) is 0 Å². The molecule has 1 saturated heterocycles. The summed E-state index contributed by atoms with van der Waals surface area (Å²) < 4.78 is 18.6. The number of para-hydroxylation sites is 1. The van der Waals surface area contributed by atoms with Crippen molar-refractivity contribution in [3.05, 3.63) is 125 Å². The number of aromatic nitrogens is 3. The van der Waals surface area contributed by atoms with Crippen molar-refractivity contribution in [2.45, 2.75) is 45.8 Å². The number of likely N-dealkylation sites (tertiary alicyclic amines) is 1. The molecule has 0 radical (unpaired) electrons. The number of fused-ring (bicyclic) bond motifs is 3. The van der Waals surface area contributed by atoms with Crippen LogP contribution in [0.2, 0.25) is 0 Å². The normalized spacial score (nSPS) is 14.8. The lowest BCUT2D eigenvalue weighted by Gasteiger charge is -2.30. The van der Waals surface area contributed by atoms with E-state index < -0.39 is 6.16 Å². The molecular weight excluding hydrogens is 576 g/mol. The first kappa shape index (κ1) is 29.7. The number of carbonyl (C=O) groups excluding carboxylic acids is 1. The topological polar surface area (TPSA) is 78.7 Å². The highest BCUT2D eigenvalue weighted by Gasteiger charge is 2.27. The Morgan fingerprint density at radius 1 is 0.870 bits per heavy atom. The number of hydrogen-bond acceptors (Lipinski definition) is 7. The van der Waals surface area contributed by atoms with E-state index in [1.165, 1.54) is 27.8 Å². The van der Waals surface area contributed by atoms with Gasteiger partial charge in [0.2, 0.25) is 5.88 Å². The summed E-state index contributed by atoms with van der Waals surface area (Å²) in [6, 6.07) is 29.3. The summed E-state index contributed by atoms with van der Waals surface area (Å²) in [5, 5.41) is 1.13. The van der Waals surface area contributed by atoms with Crippen LogP contribution in [-0.2, 0) is 30.7 Å². The van der Waals surface area contributed by atoms with Crippen LogP contribution in [0.3, 0.4) is 0 Å². The standard InChI is InChI=1S/C38H38N4O4/c1-2-44-38(43)46-35-25-39-37-36(33-9-5-3-7-28(33)20-24-42(35)37)30-18-22-41(23-19-30)21-17-27-11-15-32(16-12-27)45-26-31-14-13-29-8-4-6-10-34(29)40-31/h3-16,25H,2,17-24,26H2,1H3. The van der Waals surface area contributed by atoms with Gasteiger partial charge in [0.15, 0.2) is 0 Å². The number of benzene rings is 3. The number of carbonyl (C=O) groups is 1. The van der Waals surface area contributed by atoms with Gasteiger partial charge in [0, 0.05) is 37.1 Å². The minimum atomic E-state index is -0.699. The zero-order chi connectivity index (χ0) is 31.3. The molecule has 3 aromatic carbocycles. The molecule has 4 heterocycles. The number of nitrogens with zero attached hydrogens (tertiary/aromatic N) is 4. The van der Waals surface area contributed by atoms with E-state index >= 15 is 0 Å². The summed E-state index contributed by atoms with van der Waals surface area (Å²) in [6.45, 7) is 6.16. The van der Waals surface area contributed by atoms with E-state index in [0.29, 0.717) is 19.0 Å². The Labute approximate surface area is 269 Å². The number of aryl methyl sites for hydroxylation is 1. The molecule has 0 atom stereocenters. The van der Waals surface area contributed by atoms with Crippen LogP contribution in [0, 0.1) is 0 Å². The number of imidazole rings is 1. The van der Waals surface area contributed by atoms with Gasteiger partial charge in [-0.25, -0.2) is 14.8 Å². The zero-order valence-electron chi connectivity index (χ0n) is 26.2. The minimum absolute atomic E-state index is 0.265. The average molecular weight is 615 g/mol. The van der Waals surface area contributed by atoms with Gasteiger partial charge in [0.05, 0.1) is 24.0 Å². The maximum atomic E-state index is 12.1. The number of ether oxygens (including phenoxy) is 3. The predicted octanol–water partition coefficient (Wildman–Crippen LogP) is 7.24. The van der Waals surface area contributed by atoms with Crippen molar-refractivity contribution in [1.29, 1.82) is 0 Å². The van der Waals surface area contributed by atoms with E-state index in [4.69, 9.17) is 24.2 Å². The Kier molecular flexibility index (Phi) is 8.78. The lowest BCUT2D eigenvalue weighted by molar-refractivity contribution is 0.101. The molecule has 8 nitrogen and oxygen atoms in total. The van der Waals surface area contributed by atoms with Crippen LogP contribution in [0.5, 0.6) is 11.6 Å². The first-order valence-electron chi connectivity index (χ1n) is 16.1. The molecule has 0 spiro atoms. The Bertz CT molecular complexity index is 1870. The van der Waals surface area contributed by atoms with E-state index in [1.807, 2.05) is 28.8 Å². The van der Waals surface area contributed by atoms with Crippen molar-refractivity contribution >= 4 is 22.6 Å². The molecule has 0 N–H and O–H groups in total. The molecule has 5 aromatic rings. The van der Waals surface area contributed by atoms with E-state index in [2.05, 4.69) is 65.6 Å². The molecule has 0 aliphatic carbocycles. The fourth-order valence-electron chi connectivity index (χ4n) is 6.46. The zero-order valence-corrected chi connectivity index (χ0v) is 26.2. The highest BCUT2D eigenvalue weighted by molar-refractivity contribution is 5.82. The molecule has 2 aromatic heterocycles. The van der Waals surface area contributed by atoms with Crippen LogP contribution in [0.15, 0.2) is 96.7 Å². The van der Waals surface area contributed by atoms with E-state index in [1.54, 1.807) is 13.1 Å². The van der Waals surface area contributed by atoms with Crippen molar-refractivity contribution in [1.82, 2.24) is 19.4 Å². The molecule has 2 aliphatic heterocycles. The molecule has 0 amide bonds. The molecular formula is C38H38N4O4. The number of rotatable bonds is 8. The second-order valence-electron chi connectivity index (χ2n) is 11.8. The third-order valence-corrected chi connectivity index (χ3v) is 8.88. The monoisotopic (exact) mass is 614 g/mol. The van der Waals surface area contributed by atoms with E-state index in [9.17, 15) is 4.79 Å². The summed E-state index contributed by atoms with van der Waals surface area (Å²) in [5.74, 6) is 2.15. The van der Waals surface area contributed by atoms with Gasteiger partial charge in [-0.3, -0.25) is 4.57 Å². The second kappa shape index (κ2) is 13.6. The summed E-state index contributed by atoms with van der Waals surface area (Å²) in [4.78, 5) is 24.1. The van der Waals surface area contributed by atoms with Crippen LogP contribution in [0.1, 0.15) is 48.0 Å². The third kappa shape index (κ3) is 6.53. The van der Waals surface area contributed by atoms with Crippen molar-refractivity contribution in [3.8, 4) is 11.6 Å². The SMILES string of the molecule is CCOC(=O)Oc1cnc2n1CCc1ccccc1C2=C1CCN(CCc2ccc(OCc3ccc4ccccc4n3)cc2)CC1. The van der Waals surface area contributed by atoms with Gasteiger partial charge < -0.3 is 19.1 Å². The molecule has 46 heavy (non-hydrogen) atoms. The second-order valence-corrected chi connectivity index (χ2v) is 11.8. The number of piperidine rings is 1. The van der Waals surface area contributed by atoms with Crippen molar-refractivity contribution in [2.24, 2.45) is 0 Å². The summed E-state index contributed by atoms with van der Waals surface area (Å²) >= 11 is 0. The maximum absolute atomic E-state index is 12.1. The highest BCUT2D eigenvalue weighted by Crippen LogP contribution is 2.37. The number of pyridine rings is 1. The summed E-state index contributed by atoms with van der Waals surface area (Å²) in [5.41, 5.74) is 8.32. The van der Waals surface area contributed by atoms with E-state index in [0.717, 1.165) is 73.5 Å². The average Bonchev–Trinajstić information content (AvgIpc) is 3.39. The van der Waals surface area contributed by atoms with Crippen LogP contribution in [0.25, 0.3) is 16.5 Å². The van der Waals surface area contributed by atoms with Crippen LogP contribution >= 0.6 is 0 Å². The summed E-state index contributed by atoms with van der Waals surface area (Å²) in [6.07, 6.45) is 4.72. The molecule has 8 heteroatoms. The maximum Gasteiger partial charge on any atom is 0.515 e. The third-order valence-electron chi connectivity index (χ3n) is 8.88. The van der Waals surface area contributed by atoms with Crippen LogP contribution in [-0.4, -0.2) is 51.8 Å². The van der Waals surface area contributed by atoms with Gasteiger partial charge >= 0.3 is 6.16 Å². The predicted molar refractivity (Wildman–Crippen MR) is 178 cm³/mol. The lowest BCUT2D eigenvalue weighted by Crippen LogP contribution is -2.33. The van der Waals surface area contributed by atoms with Gasteiger partial charge in [-0.05, 0) is 73.6 Å². The number of hydrogen-bond donors (Lipinski definition) is 0. The lowest BCUT2D eigenvalue weighted by atomic mass is 9.90. The fourth-order valence-corrected chi connectivity index (χ4v) is 6.46. The molecule has 234 valence electrons. The Morgan fingerprint density at radius 3 is 2.52 bits per heavy atom. The van der Waals surface area contributed by atoms with Crippen molar-refractivity contribution in [2.75, 3.05) is 26.2 Å². The Balaban J connectivity index is 0.981. The highest BCUT2D eigenvalue weighted by atomic mass is 16.7. The van der Waals surface area contributed by atoms with Gasteiger partial charge in [-0.1, -0.05) is 66.2 Å². The Morgan fingerprint density at radius 2 is 1.67 bits per heavy atom. The molecule has 7 rings (SSSR count). The molecule has 0 saturated carbocycles. The first-order chi connectivity index (χ1) is 22.6. The smallest absolute Gasteiger partial charge is 0.487 e. The van der Waals surface area contributed by atoms with Crippen LogP contribution < -0.4 is 9.47 Å². The minimum Gasteiger partial charge on any atom is -0.487 e. The summed E-state index contributed by atoms with van der Waals surface area (Å²) in [7, 11) is 0. The first-order valence-corrected chi connectivity index (χ1v) is 16.1. The van der Waals surface area contributed by atoms with E-state index in [-0.39, 0.29) is 6.61 Å². The van der Waals surface area contributed by atoms with Gasteiger partial charge in [0.1, 0.15) is 18.2 Å². The molecule has 0 bridgehead atoms. The quantitative estimate of drug-likeness (QED) is 0.171. The van der Waals surface area contributed by atoms with Crippen molar-refractivity contribution in [3.63, 3.8) is 0 Å². The Hall–Kier alpha value is -4.95. The molecule has 0 unspecified atom stereocenters. The molecule has 2 aliphatic rings. The largest absolute Gasteiger partial charge is 0.515 e. The van der Waals surface area contributed by atoms with Crippen molar-refractivity contribution < 1.29 is 19.0 Å². The van der Waals surface area contributed by atoms with Crippen LogP contribution in [0.4, 0.5) is 4.79 Å². The molecule has 1 fully saturated rings.